The van der Waals surface area contributed by atoms with Gasteiger partial charge in [0, 0.05) is 31.2 Å². The lowest BCUT2D eigenvalue weighted by Gasteiger charge is -2.16. The van der Waals surface area contributed by atoms with Gasteiger partial charge in [-0.15, -0.1) is 0 Å². The van der Waals surface area contributed by atoms with E-state index in [1.807, 2.05) is 6.07 Å². The highest BCUT2D eigenvalue weighted by Crippen LogP contribution is 2.27. The molecule has 0 radical (unpaired) electrons. The number of pyridine rings is 2. The Labute approximate surface area is 153 Å². The van der Waals surface area contributed by atoms with Crippen LogP contribution in [-0.2, 0) is 0 Å². The first-order chi connectivity index (χ1) is 13.1. The van der Waals surface area contributed by atoms with Crippen LogP contribution in [0.3, 0.4) is 0 Å². The van der Waals surface area contributed by atoms with Crippen LogP contribution in [-0.4, -0.2) is 33.2 Å². The highest BCUT2D eigenvalue weighted by atomic mass is 16.6. The fraction of sp³-hybridized carbons (Fsp3) is 0.0526. The molecule has 0 fully saturated rings. The summed E-state index contributed by atoms with van der Waals surface area (Å²) in [5, 5.41) is 9.23. The van der Waals surface area contributed by atoms with Crippen molar-refractivity contribution in [3.8, 4) is 23.1 Å². The monoisotopic (exact) mass is 362 g/mol. The van der Waals surface area contributed by atoms with Crippen molar-refractivity contribution < 1.29 is 19.1 Å². The first-order valence-electron chi connectivity index (χ1n) is 8.02. The molecule has 0 atom stereocenters. The Kier molecular flexibility index (Phi) is 4.13. The van der Waals surface area contributed by atoms with Crippen molar-refractivity contribution in [2.24, 2.45) is 0 Å². The van der Waals surface area contributed by atoms with E-state index in [0.29, 0.717) is 22.7 Å². The molecule has 0 saturated heterocycles. The van der Waals surface area contributed by atoms with E-state index in [-0.39, 0.29) is 11.6 Å². The van der Waals surface area contributed by atoms with Crippen molar-refractivity contribution in [2.45, 2.75) is 0 Å². The number of rotatable bonds is 3. The van der Waals surface area contributed by atoms with Gasteiger partial charge in [-0.1, -0.05) is 0 Å². The number of hydrogen-bond acceptors (Lipinski definition) is 7. The number of amides is 1. The number of aromatic nitrogens is 3. The van der Waals surface area contributed by atoms with Gasteiger partial charge in [0.05, 0.1) is 11.8 Å². The highest BCUT2D eigenvalue weighted by molar-refractivity contribution is 5.91. The Morgan fingerprint density at radius 1 is 1.19 bits per heavy atom. The Morgan fingerprint density at radius 2 is 2.07 bits per heavy atom. The zero-order valence-corrected chi connectivity index (χ0v) is 14.2. The predicted molar refractivity (Wildman–Crippen MR) is 97.6 cm³/mol. The third-order valence-electron chi connectivity index (χ3n) is 3.85. The van der Waals surface area contributed by atoms with Crippen LogP contribution in [0, 0.1) is 0 Å². The molecule has 4 aromatic rings. The molecule has 134 valence electrons. The minimum absolute atomic E-state index is 0.0101. The number of benzene rings is 1. The molecule has 27 heavy (non-hydrogen) atoms. The van der Waals surface area contributed by atoms with Crippen LogP contribution in [0.2, 0.25) is 0 Å². The zero-order valence-electron chi connectivity index (χ0n) is 14.2. The number of oxazole rings is 1. The smallest absolute Gasteiger partial charge is 0.420 e. The summed E-state index contributed by atoms with van der Waals surface area (Å²) in [5.74, 6) is 0.531. The minimum Gasteiger partial charge on any atom is -0.506 e. The van der Waals surface area contributed by atoms with Crippen molar-refractivity contribution in [1.29, 1.82) is 0 Å². The molecule has 4 rings (SSSR count). The van der Waals surface area contributed by atoms with Gasteiger partial charge in [-0.05, 0) is 36.4 Å². The van der Waals surface area contributed by atoms with Gasteiger partial charge in [-0.3, -0.25) is 9.88 Å². The van der Waals surface area contributed by atoms with Crippen LogP contribution in [0.5, 0.6) is 11.6 Å². The summed E-state index contributed by atoms with van der Waals surface area (Å²) in [7, 11) is 1.58. The average Bonchev–Trinajstić information content (AvgIpc) is 3.13. The largest absolute Gasteiger partial charge is 0.506 e. The molecule has 3 heterocycles. The number of anilines is 1. The molecule has 0 unspecified atom stereocenters. The van der Waals surface area contributed by atoms with Gasteiger partial charge in [0.2, 0.25) is 11.8 Å². The number of carbonyl (C=O) groups is 1. The van der Waals surface area contributed by atoms with E-state index in [9.17, 15) is 9.90 Å². The van der Waals surface area contributed by atoms with Crippen molar-refractivity contribution in [2.75, 3.05) is 11.9 Å². The average molecular weight is 362 g/mol. The summed E-state index contributed by atoms with van der Waals surface area (Å²) in [6.07, 6.45) is 3.92. The van der Waals surface area contributed by atoms with Gasteiger partial charge in [0.15, 0.2) is 5.58 Å². The maximum absolute atomic E-state index is 12.3. The van der Waals surface area contributed by atoms with Crippen LogP contribution in [0.1, 0.15) is 0 Å². The quantitative estimate of drug-likeness (QED) is 0.594. The Morgan fingerprint density at radius 3 is 2.81 bits per heavy atom. The number of ether oxygens (including phenoxy) is 1. The molecule has 3 aromatic heterocycles. The molecule has 0 aliphatic heterocycles. The fourth-order valence-electron chi connectivity index (χ4n) is 2.43. The standard InChI is InChI=1S/C19H14N4O4/c1-23(19(25)27-17-7-5-14(24)11-21-17)13-4-6-16-15(9-13)22-18(26-16)12-3-2-8-20-10-12/h2-11,24H,1H3. The van der Waals surface area contributed by atoms with E-state index in [4.69, 9.17) is 9.15 Å². The number of nitrogens with zero attached hydrogens (tertiary/aromatic N) is 4. The van der Waals surface area contributed by atoms with Crippen LogP contribution in [0.4, 0.5) is 10.5 Å². The van der Waals surface area contributed by atoms with E-state index in [0.717, 1.165) is 5.56 Å². The second kappa shape index (κ2) is 6.75. The Bertz CT molecular complexity index is 1090. The van der Waals surface area contributed by atoms with E-state index in [1.54, 1.807) is 43.7 Å². The Balaban J connectivity index is 1.57. The maximum Gasteiger partial charge on any atom is 0.420 e. The van der Waals surface area contributed by atoms with Gasteiger partial charge in [0.25, 0.3) is 0 Å². The van der Waals surface area contributed by atoms with Crippen LogP contribution >= 0.6 is 0 Å². The van der Waals surface area contributed by atoms with E-state index in [2.05, 4.69) is 15.0 Å². The molecular weight excluding hydrogens is 348 g/mol. The molecule has 1 amide bonds. The maximum atomic E-state index is 12.3. The molecule has 8 nitrogen and oxygen atoms in total. The van der Waals surface area contributed by atoms with Crippen molar-refractivity contribution in [3.05, 3.63) is 61.1 Å². The van der Waals surface area contributed by atoms with Crippen LogP contribution < -0.4 is 9.64 Å². The Hall–Kier alpha value is -3.94. The third kappa shape index (κ3) is 3.40. The second-order valence-corrected chi connectivity index (χ2v) is 5.69. The molecule has 1 N–H and O–H groups in total. The van der Waals surface area contributed by atoms with Gasteiger partial charge in [-0.2, -0.15) is 0 Å². The lowest BCUT2D eigenvalue weighted by atomic mass is 10.2. The second-order valence-electron chi connectivity index (χ2n) is 5.69. The van der Waals surface area contributed by atoms with Gasteiger partial charge in [0.1, 0.15) is 11.3 Å². The van der Waals surface area contributed by atoms with Gasteiger partial charge < -0.3 is 14.3 Å². The summed E-state index contributed by atoms with van der Waals surface area (Å²) in [4.78, 5) is 26.0. The third-order valence-corrected chi connectivity index (χ3v) is 3.85. The van der Waals surface area contributed by atoms with E-state index >= 15 is 0 Å². The normalized spacial score (nSPS) is 10.7. The number of carbonyl (C=O) groups excluding carboxylic acids is 1. The van der Waals surface area contributed by atoms with E-state index < -0.39 is 6.09 Å². The summed E-state index contributed by atoms with van der Waals surface area (Å²) >= 11 is 0. The van der Waals surface area contributed by atoms with E-state index in [1.165, 1.54) is 23.2 Å². The topological polar surface area (TPSA) is 102 Å². The molecule has 0 aliphatic carbocycles. The summed E-state index contributed by atoms with van der Waals surface area (Å²) in [6.45, 7) is 0. The molecule has 0 aliphatic rings. The van der Waals surface area contributed by atoms with Crippen molar-refractivity contribution >= 4 is 22.9 Å². The molecule has 0 saturated carbocycles. The SMILES string of the molecule is CN(C(=O)Oc1ccc(O)cn1)c1ccc2oc(-c3cccnc3)nc2c1. The van der Waals surface area contributed by atoms with Crippen molar-refractivity contribution in [1.82, 2.24) is 15.0 Å². The number of hydrogen-bond donors (Lipinski definition) is 1. The first-order valence-corrected chi connectivity index (χ1v) is 8.02. The van der Waals surface area contributed by atoms with Crippen LogP contribution in [0.25, 0.3) is 22.6 Å². The lowest BCUT2D eigenvalue weighted by molar-refractivity contribution is 0.207. The highest BCUT2D eigenvalue weighted by Gasteiger charge is 2.16. The number of fused-ring (bicyclic) bond motifs is 1. The zero-order chi connectivity index (χ0) is 18.8. The van der Waals surface area contributed by atoms with Crippen LogP contribution in [0.15, 0.2) is 65.5 Å². The molecular formula is C19H14N4O4. The summed E-state index contributed by atoms with van der Waals surface area (Å²) in [6, 6.07) is 11.6. The minimum atomic E-state index is -0.622. The molecule has 1 aromatic carbocycles. The summed E-state index contributed by atoms with van der Waals surface area (Å²) in [5.41, 5.74) is 2.55. The molecule has 0 spiro atoms. The molecule has 0 bridgehead atoms. The van der Waals surface area contributed by atoms with Gasteiger partial charge in [-0.25, -0.2) is 14.8 Å². The first kappa shape index (κ1) is 16.5. The van der Waals surface area contributed by atoms with Crippen molar-refractivity contribution in [3.63, 3.8) is 0 Å². The predicted octanol–water partition coefficient (Wildman–Crippen LogP) is 3.63. The fourth-order valence-corrected chi connectivity index (χ4v) is 2.43. The lowest BCUT2D eigenvalue weighted by Crippen LogP contribution is -2.29. The summed E-state index contributed by atoms with van der Waals surface area (Å²) < 4.78 is 10.9. The van der Waals surface area contributed by atoms with Gasteiger partial charge >= 0.3 is 6.09 Å². The molecule has 8 heteroatoms. The number of aromatic hydroxyl groups is 1.